The molecule has 0 N–H and O–H groups in total. The molecule has 0 atom stereocenters. The molecule has 0 unspecified atom stereocenters. The van der Waals surface area contributed by atoms with E-state index in [0.29, 0.717) is 27.6 Å². The quantitative estimate of drug-likeness (QED) is 0.584. The van der Waals surface area contributed by atoms with E-state index in [1.54, 1.807) is 19.2 Å². The first-order valence-corrected chi connectivity index (χ1v) is 9.94. The molecule has 0 spiro atoms. The summed E-state index contributed by atoms with van der Waals surface area (Å²) in [4.78, 5) is 18.0. The minimum absolute atomic E-state index is 0.354. The summed E-state index contributed by atoms with van der Waals surface area (Å²) < 4.78 is 24.6. The van der Waals surface area contributed by atoms with E-state index < -0.39 is 0 Å². The molecule has 3 aromatic rings. The summed E-state index contributed by atoms with van der Waals surface area (Å²) in [5.74, 6) is 1.61. The number of aryl methyl sites for hydroxylation is 1. The van der Waals surface area contributed by atoms with Crippen LogP contribution in [0, 0.1) is 0 Å². The Morgan fingerprint density at radius 1 is 1.00 bits per heavy atom. The van der Waals surface area contributed by atoms with Crippen LogP contribution in [0.5, 0.6) is 23.0 Å². The third-order valence-corrected chi connectivity index (χ3v) is 5.48. The number of aromatic nitrogens is 1. The average Bonchev–Trinajstić information content (AvgIpc) is 3.09. The third-order valence-electron chi connectivity index (χ3n) is 4.44. The lowest BCUT2D eigenvalue weighted by Crippen LogP contribution is -2.17. The lowest BCUT2D eigenvalue weighted by molar-refractivity contribution is 0.0997. The van der Waals surface area contributed by atoms with E-state index in [0.717, 1.165) is 28.9 Å². The molecule has 1 heterocycles. The topological polar surface area (TPSA) is 71.3 Å². The molecule has 0 saturated heterocycles. The van der Waals surface area contributed by atoms with Crippen LogP contribution in [0.3, 0.4) is 0 Å². The van der Waals surface area contributed by atoms with Crippen molar-refractivity contribution in [3.63, 3.8) is 0 Å². The molecule has 1 amide bonds. The molecular weight excluding hydrogens is 392 g/mol. The standard InChI is InChI=1S/C21H24N2O5S/c1-6-10-23-18-14(25-2)8-7-9-17(18)29-21(23)22-20(24)13-11-15(26-3)19(28-5)16(12-13)27-4/h7-9,11-12H,6,10H2,1-5H3. The highest BCUT2D eigenvalue weighted by molar-refractivity contribution is 7.16. The summed E-state index contributed by atoms with van der Waals surface area (Å²) in [6, 6.07) is 9.04. The minimum Gasteiger partial charge on any atom is -0.495 e. The molecule has 0 fully saturated rings. The number of ether oxygens (including phenoxy) is 4. The van der Waals surface area contributed by atoms with Crippen LogP contribution in [-0.4, -0.2) is 38.9 Å². The highest BCUT2D eigenvalue weighted by Gasteiger charge is 2.18. The lowest BCUT2D eigenvalue weighted by atomic mass is 10.1. The maximum Gasteiger partial charge on any atom is 0.279 e. The lowest BCUT2D eigenvalue weighted by Gasteiger charge is -2.12. The van der Waals surface area contributed by atoms with E-state index in [9.17, 15) is 4.79 Å². The number of nitrogens with zero attached hydrogens (tertiary/aromatic N) is 2. The fourth-order valence-corrected chi connectivity index (χ4v) is 4.21. The van der Waals surface area contributed by atoms with Crippen molar-refractivity contribution >= 4 is 27.5 Å². The Kier molecular flexibility index (Phi) is 6.43. The van der Waals surface area contributed by atoms with E-state index in [2.05, 4.69) is 11.9 Å². The smallest absolute Gasteiger partial charge is 0.279 e. The van der Waals surface area contributed by atoms with Crippen molar-refractivity contribution in [2.24, 2.45) is 4.99 Å². The van der Waals surface area contributed by atoms with E-state index >= 15 is 0 Å². The number of amides is 1. The number of methoxy groups -OCH3 is 4. The van der Waals surface area contributed by atoms with Gasteiger partial charge in [-0.2, -0.15) is 4.99 Å². The van der Waals surface area contributed by atoms with Crippen molar-refractivity contribution < 1.29 is 23.7 Å². The second kappa shape index (κ2) is 9.00. The zero-order valence-corrected chi connectivity index (χ0v) is 18.0. The van der Waals surface area contributed by atoms with Crippen LogP contribution in [0.15, 0.2) is 35.3 Å². The van der Waals surface area contributed by atoms with Crippen LogP contribution in [0.4, 0.5) is 0 Å². The van der Waals surface area contributed by atoms with E-state index in [1.165, 1.54) is 32.7 Å². The van der Waals surface area contributed by atoms with Crippen LogP contribution in [0.25, 0.3) is 10.2 Å². The number of para-hydroxylation sites is 1. The predicted molar refractivity (Wildman–Crippen MR) is 113 cm³/mol. The number of carbonyl (C=O) groups is 1. The summed E-state index contributed by atoms with van der Waals surface area (Å²) in [6.07, 6.45) is 0.898. The molecule has 1 aromatic heterocycles. The van der Waals surface area contributed by atoms with Crippen LogP contribution in [-0.2, 0) is 6.54 Å². The number of carbonyl (C=O) groups excluding carboxylic acids is 1. The predicted octanol–water partition coefficient (Wildman–Crippen LogP) is 3.89. The largest absolute Gasteiger partial charge is 0.495 e. The first-order chi connectivity index (χ1) is 14.1. The first kappa shape index (κ1) is 20.7. The number of rotatable bonds is 7. The maximum absolute atomic E-state index is 13.0. The van der Waals surface area contributed by atoms with Crippen molar-refractivity contribution in [3.05, 3.63) is 40.7 Å². The van der Waals surface area contributed by atoms with Gasteiger partial charge in [-0.3, -0.25) is 4.79 Å². The zero-order chi connectivity index (χ0) is 21.0. The zero-order valence-electron chi connectivity index (χ0n) is 17.1. The van der Waals surface area contributed by atoms with Crippen LogP contribution in [0.1, 0.15) is 23.7 Å². The third kappa shape index (κ3) is 3.93. The molecule has 0 radical (unpaired) electrons. The Morgan fingerprint density at radius 3 is 2.21 bits per heavy atom. The number of fused-ring (bicyclic) bond motifs is 1. The molecule has 0 aliphatic carbocycles. The summed E-state index contributed by atoms with van der Waals surface area (Å²) in [5, 5.41) is 0. The van der Waals surface area contributed by atoms with Crippen molar-refractivity contribution in [3.8, 4) is 23.0 Å². The molecule has 0 saturated carbocycles. The monoisotopic (exact) mass is 416 g/mol. The van der Waals surface area contributed by atoms with Gasteiger partial charge in [0, 0.05) is 12.1 Å². The molecule has 0 aliphatic heterocycles. The summed E-state index contributed by atoms with van der Waals surface area (Å²) in [6.45, 7) is 2.80. The van der Waals surface area contributed by atoms with Gasteiger partial charge >= 0.3 is 0 Å². The van der Waals surface area contributed by atoms with Gasteiger partial charge in [-0.25, -0.2) is 0 Å². The molecule has 8 heteroatoms. The SMILES string of the molecule is CCCn1c(=NC(=O)c2cc(OC)c(OC)c(OC)c2)sc2cccc(OC)c21. The highest BCUT2D eigenvalue weighted by Crippen LogP contribution is 2.38. The number of hydrogen-bond acceptors (Lipinski definition) is 6. The molecule has 154 valence electrons. The van der Waals surface area contributed by atoms with Crippen LogP contribution < -0.4 is 23.7 Å². The summed E-state index contributed by atoms with van der Waals surface area (Å²) >= 11 is 1.45. The fourth-order valence-electron chi connectivity index (χ4n) is 3.13. The van der Waals surface area contributed by atoms with Gasteiger partial charge in [0.25, 0.3) is 5.91 Å². The van der Waals surface area contributed by atoms with Gasteiger partial charge in [0.1, 0.15) is 11.3 Å². The molecule has 7 nitrogen and oxygen atoms in total. The van der Waals surface area contributed by atoms with Gasteiger partial charge in [-0.05, 0) is 30.7 Å². The Morgan fingerprint density at radius 2 is 1.66 bits per heavy atom. The first-order valence-electron chi connectivity index (χ1n) is 9.13. The van der Waals surface area contributed by atoms with Crippen molar-refractivity contribution in [2.75, 3.05) is 28.4 Å². The Labute approximate surface area is 173 Å². The Bertz CT molecular complexity index is 1080. The van der Waals surface area contributed by atoms with Gasteiger partial charge in [0.05, 0.1) is 33.1 Å². The van der Waals surface area contributed by atoms with Gasteiger partial charge in [-0.1, -0.05) is 24.3 Å². The molecule has 3 rings (SSSR count). The normalized spacial score (nSPS) is 11.6. The second-order valence-corrected chi connectivity index (χ2v) is 7.18. The molecular formula is C21H24N2O5S. The molecule has 0 aliphatic rings. The average molecular weight is 416 g/mol. The molecule has 29 heavy (non-hydrogen) atoms. The van der Waals surface area contributed by atoms with E-state index in [1.807, 2.05) is 22.8 Å². The van der Waals surface area contributed by atoms with Crippen molar-refractivity contribution in [1.29, 1.82) is 0 Å². The van der Waals surface area contributed by atoms with E-state index in [4.69, 9.17) is 18.9 Å². The Balaban J connectivity index is 2.17. The summed E-state index contributed by atoms with van der Waals surface area (Å²) in [7, 11) is 6.18. The number of hydrogen-bond donors (Lipinski definition) is 0. The Hall–Kier alpha value is -3.00. The van der Waals surface area contributed by atoms with Crippen molar-refractivity contribution in [2.45, 2.75) is 19.9 Å². The summed E-state index contributed by atoms with van der Waals surface area (Å²) in [5.41, 5.74) is 1.30. The number of thiazole rings is 1. The van der Waals surface area contributed by atoms with Crippen LogP contribution >= 0.6 is 11.3 Å². The van der Waals surface area contributed by atoms with E-state index in [-0.39, 0.29) is 5.91 Å². The van der Waals surface area contributed by atoms with Gasteiger partial charge < -0.3 is 23.5 Å². The minimum atomic E-state index is -0.389. The highest BCUT2D eigenvalue weighted by atomic mass is 32.1. The van der Waals surface area contributed by atoms with Gasteiger partial charge in [0.2, 0.25) is 5.75 Å². The van der Waals surface area contributed by atoms with Crippen LogP contribution in [0.2, 0.25) is 0 Å². The van der Waals surface area contributed by atoms with Gasteiger partial charge in [-0.15, -0.1) is 0 Å². The van der Waals surface area contributed by atoms with Crippen molar-refractivity contribution in [1.82, 2.24) is 4.57 Å². The molecule has 0 bridgehead atoms. The number of benzene rings is 2. The fraction of sp³-hybridized carbons (Fsp3) is 0.333. The second-order valence-electron chi connectivity index (χ2n) is 6.17. The molecule has 2 aromatic carbocycles. The van der Waals surface area contributed by atoms with Gasteiger partial charge in [0.15, 0.2) is 16.3 Å². The maximum atomic E-state index is 13.0.